The smallest absolute Gasteiger partial charge is 0.140 e. The zero-order valence-electron chi connectivity index (χ0n) is 10.2. The van der Waals surface area contributed by atoms with E-state index in [1.54, 1.807) is 12.1 Å². The largest absolute Gasteiger partial charge is 0.316 e. The molecule has 4 heteroatoms. The summed E-state index contributed by atoms with van der Waals surface area (Å²) >= 11 is 0. The molecule has 1 aromatic rings. The van der Waals surface area contributed by atoms with Gasteiger partial charge in [0.25, 0.3) is 0 Å². The number of rotatable bonds is 2. The number of halogens is 1. The lowest BCUT2D eigenvalue weighted by molar-refractivity contribution is 0.305. The molecule has 0 aromatic heterocycles. The van der Waals surface area contributed by atoms with E-state index in [1.807, 2.05) is 6.07 Å². The van der Waals surface area contributed by atoms with Crippen LogP contribution in [0.4, 0.5) is 4.39 Å². The highest BCUT2D eigenvalue weighted by Crippen LogP contribution is 2.27. The van der Waals surface area contributed by atoms with Gasteiger partial charge in [-0.1, -0.05) is 6.07 Å². The van der Waals surface area contributed by atoms with Gasteiger partial charge >= 0.3 is 0 Å². The van der Waals surface area contributed by atoms with Gasteiger partial charge in [-0.15, -0.1) is 0 Å². The Morgan fingerprint density at radius 1 is 1.33 bits per heavy atom. The second-order valence-corrected chi connectivity index (χ2v) is 5.30. The normalized spacial score (nSPS) is 27.1. The van der Waals surface area contributed by atoms with E-state index >= 15 is 0 Å². The summed E-state index contributed by atoms with van der Waals surface area (Å²) in [5, 5.41) is 12.2. The second-order valence-electron chi connectivity index (χ2n) is 5.30. The Morgan fingerprint density at radius 2 is 2.06 bits per heavy atom. The maximum Gasteiger partial charge on any atom is 0.140 e. The molecule has 2 aliphatic rings. The number of nitrogens with one attached hydrogen (secondary N) is 1. The summed E-state index contributed by atoms with van der Waals surface area (Å²) in [4.78, 5) is 2.41. The molecule has 2 atom stereocenters. The average molecular weight is 245 g/mol. The minimum absolute atomic E-state index is 0.147. The van der Waals surface area contributed by atoms with Crippen LogP contribution in [0.15, 0.2) is 18.2 Å². The number of hydrogen-bond acceptors (Lipinski definition) is 3. The molecule has 1 aromatic carbocycles. The van der Waals surface area contributed by atoms with Crippen molar-refractivity contribution in [2.75, 3.05) is 26.2 Å². The van der Waals surface area contributed by atoms with Gasteiger partial charge in [0.15, 0.2) is 0 Å². The van der Waals surface area contributed by atoms with Crippen LogP contribution in [-0.4, -0.2) is 31.1 Å². The van der Waals surface area contributed by atoms with Crippen molar-refractivity contribution in [1.82, 2.24) is 10.2 Å². The van der Waals surface area contributed by atoms with Crippen LogP contribution >= 0.6 is 0 Å². The monoisotopic (exact) mass is 245 g/mol. The fraction of sp³-hybridized carbons (Fsp3) is 0.500. The second kappa shape index (κ2) is 4.68. The molecule has 2 unspecified atom stereocenters. The minimum atomic E-state index is -0.427. The molecule has 0 amide bonds. The summed E-state index contributed by atoms with van der Waals surface area (Å²) in [5.41, 5.74) is 1.18. The first-order valence-electron chi connectivity index (χ1n) is 6.38. The van der Waals surface area contributed by atoms with Crippen LogP contribution in [0, 0.1) is 29.0 Å². The Balaban J connectivity index is 1.69. The topological polar surface area (TPSA) is 39.1 Å². The average Bonchev–Trinajstić information content (AvgIpc) is 2.92. The summed E-state index contributed by atoms with van der Waals surface area (Å²) in [6.07, 6.45) is 0. The van der Waals surface area contributed by atoms with Gasteiger partial charge in [-0.25, -0.2) is 4.39 Å². The van der Waals surface area contributed by atoms with Crippen LogP contribution in [0.25, 0.3) is 0 Å². The van der Waals surface area contributed by atoms with Gasteiger partial charge in [0, 0.05) is 19.6 Å². The third-order valence-electron chi connectivity index (χ3n) is 4.02. The van der Waals surface area contributed by atoms with E-state index in [2.05, 4.69) is 10.2 Å². The van der Waals surface area contributed by atoms with Crippen molar-refractivity contribution in [3.05, 3.63) is 35.1 Å². The van der Waals surface area contributed by atoms with E-state index in [1.165, 1.54) is 6.07 Å². The predicted octanol–water partition coefficient (Wildman–Crippen LogP) is 1.35. The van der Waals surface area contributed by atoms with E-state index in [-0.39, 0.29) is 5.56 Å². The van der Waals surface area contributed by atoms with E-state index < -0.39 is 5.82 Å². The van der Waals surface area contributed by atoms with Gasteiger partial charge in [0.05, 0.1) is 5.56 Å². The number of nitrogens with zero attached hydrogens (tertiary/aromatic N) is 2. The third kappa shape index (κ3) is 2.12. The van der Waals surface area contributed by atoms with Gasteiger partial charge < -0.3 is 5.32 Å². The van der Waals surface area contributed by atoms with Crippen LogP contribution in [0.1, 0.15) is 11.1 Å². The maximum atomic E-state index is 13.2. The Kier molecular flexibility index (Phi) is 3.02. The molecule has 94 valence electrons. The van der Waals surface area contributed by atoms with Gasteiger partial charge in [-0.3, -0.25) is 4.90 Å². The first-order valence-corrected chi connectivity index (χ1v) is 6.38. The Morgan fingerprint density at radius 3 is 2.72 bits per heavy atom. The maximum absolute atomic E-state index is 13.2. The fourth-order valence-electron chi connectivity index (χ4n) is 3.10. The standard InChI is InChI=1S/C14H16FN3/c15-14-2-1-10(3-11(14)4-16)7-18-8-12-5-17-6-13(12)9-18/h1-3,12-13,17H,5-9H2. The lowest BCUT2D eigenvalue weighted by atomic mass is 10.0. The van der Waals surface area contributed by atoms with Gasteiger partial charge in [-0.05, 0) is 42.6 Å². The van der Waals surface area contributed by atoms with Crippen molar-refractivity contribution >= 4 is 0 Å². The van der Waals surface area contributed by atoms with Crippen molar-refractivity contribution in [3.63, 3.8) is 0 Å². The van der Waals surface area contributed by atoms with E-state index in [9.17, 15) is 4.39 Å². The SMILES string of the molecule is N#Cc1cc(CN2CC3CNCC3C2)ccc1F. The zero-order valence-corrected chi connectivity index (χ0v) is 10.2. The van der Waals surface area contributed by atoms with E-state index in [0.29, 0.717) is 0 Å². The summed E-state index contributed by atoms with van der Waals surface area (Å²) in [5.74, 6) is 1.10. The predicted molar refractivity (Wildman–Crippen MR) is 66.2 cm³/mol. The van der Waals surface area contributed by atoms with Gasteiger partial charge in [-0.2, -0.15) is 5.26 Å². The highest BCUT2D eigenvalue weighted by Gasteiger charge is 2.35. The summed E-state index contributed by atoms with van der Waals surface area (Å²) in [7, 11) is 0. The number of hydrogen-bond donors (Lipinski definition) is 1. The number of benzene rings is 1. The van der Waals surface area contributed by atoms with Gasteiger partial charge in [0.1, 0.15) is 11.9 Å². The van der Waals surface area contributed by atoms with Gasteiger partial charge in [0.2, 0.25) is 0 Å². The van der Waals surface area contributed by atoms with Crippen LogP contribution in [0.3, 0.4) is 0 Å². The molecule has 2 fully saturated rings. The molecule has 0 radical (unpaired) electrons. The number of likely N-dealkylation sites (tertiary alicyclic amines) is 1. The molecular formula is C14H16FN3. The molecule has 3 nitrogen and oxygen atoms in total. The first kappa shape index (κ1) is 11.6. The highest BCUT2D eigenvalue weighted by molar-refractivity contribution is 5.34. The summed E-state index contributed by atoms with van der Waals surface area (Å²) < 4.78 is 13.2. The molecule has 0 bridgehead atoms. The molecule has 1 N–H and O–H groups in total. The Hall–Kier alpha value is -1.44. The number of nitriles is 1. The van der Waals surface area contributed by atoms with E-state index in [0.717, 1.165) is 50.1 Å². The van der Waals surface area contributed by atoms with Crippen molar-refractivity contribution in [2.24, 2.45) is 11.8 Å². The van der Waals surface area contributed by atoms with Crippen molar-refractivity contribution < 1.29 is 4.39 Å². The first-order chi connectivity index (χ1) is 8.76. The molecule has 2 saturated heterocycles. The van der Waals surface area contributed by atoms with Crippen molar-refractivity contribution in [1.29, 1.82) is 5.26 Å². The summed E-state index contributed by atoms with van der Waals surface area (Å²) in [6.45, 7) is 5.28. The molecule has 0 saturated carbocycles. The van der Waals surface area contributed by atoms with Crippen molar-refractivity contribution in [3.8, 4) is 6.07 Å². The van der Waals surface area contributed by atoms with E-state index in [4.69, 9.17) is 5.26 Å². The van der Waals surface area contributed by atoms with Crippen LogP contribution in [0.5, 0.6) is 0 Å². The molecule has 2 heterocycles. The summed E-state index contributed by atoms with van der Waals surface area (Å²) in [6, 6.07) is 6.74. The molecule has 0 aliphatic carbocycles. The third-order valence-corrected chi connectivity index (χ3v) is 4.02. The molecular weight excluding hydrogens is 229 g/mol. The molecule has 2 aliphatic heterocycles. The number of fused-ring (bicyclic) bond motifs is 1. The van der Waals surface area contributed by atoms with Crippen LogP contribution in [-0.2, 0) is 6.54 Å². The molecule has 3 rings (SSSR count). The zero-order chi connectivity index (χ0) is 12.5. The Labute approximate surface area is 106 Å². The lowest BCUT2D eigenvalue weighted by Crippen LogP contribution is -2.25. The van der Waals surface area contributed by atoms with Crippen LogP contribution in [0.2, 0.25) is 0 Å². The van der Waals surface area contributed by atoms with Crippen molar-refractivity contribution in [2.45, 2.75) is 6.54 Å². The molecule has 18 heavy (non-hydrogen) atoms. The highest BCUT2D eigenvalue weighted by atomic mass is 19.1. The quantitative estimate of drug-likeness (QED) is 0.855. The fourth-order valence-corrected chi connectivity index (χ4v) is 3.10. The minimum Gasteiger partial charge on any atom is -0.316 e. The Bertz CT molecular complexity index is 482. The lowest BCUT2D eigenvalue weighted by Gasteiger charge is -2.17. The van der Waals surface area contributed by atoms with Crippen LogP contribution < -0.4 is 5.32 Å². The molecule has 0 spiro atoms.